The number of halogens is 5. The van der Waals surface area contributed by atoms with Crippen molar-refractivity contribution in [1.82, 2.24) is 10.6 Å². The third kappa shape index (κ3) is 14.8. The fourth-order valence-electron chi connectivity index (χ4n) is 4.92. The quantitative estimate of drug-likeness (QED) is 0.0440. The molecule has 0 aromatic heterocycles. The SMILES string of the molecule is CC(=O)OC[C@H]1O[C@@H](OCCCCCNC(=O)[C@H](CC(=O)Oc2c(F)c(F)c(F)c(F)c2F)NC(=O)OC(C)(C)C)[C@H](OC(C)=O)[C@@H](OC(C)=O)[C@@H]1OC(C)=O. The molecule has 2 rings (SSSR count). The highest BCUT2D eigenvalue weighted by Gasteiger charge is 2.52. The van der Waals surface area contributed by atoms with Crippen LogP contribution in [-0.2, 0) is 61.9 Å². The highest BCUT2D eigenvalue weighted by atomic mass is 19.2. The second kappa shape index (κ2) is 21.3. The highest BCUT2D eigenvalue weighted by molar-refractivity contribution is 5.90. The monoisotopic (exact) mass is 814 g/mol. The van der Waals surface area contributed by atoms with Crippen LogP contribution < -0.4 is 15.4 Å². The number of ether oxygens (including phenoxy) is 8. The summed E-state index contributed by atoms with van der Waals surface area (Å²) in [6.07, 6.45) is -8.40. The van der Waals surface area contributed by atoms with Gasteiger partial charge in [0.1, 0.15) is 24.4 Å². The first kappa shape index (κ1) is 47.0. The molecular weight excluding hydrogens is 771 g/mol. The molecular formula is C34H43F5N2O15. The van der Waals surface area contributed by atoms with Crippen LogP contribution in [0.15, 0.2) is 0 Å². The second-order valence-electron chi connectivity index (χ2n) is 13.1. The zero-order valence-electron chi connectivity index (χ0n) is 31.4. The molecule has 1 aliphatic heterocycles. The number of hydrogen-bond acceptors (Lipinski definition) is 15. The van der Waals surface area contributed by atoms with Gasteiger partial charge in [-0.1, -0.05) is 0 Å². The molecule has 1 saturated heterocycles. The molecule has 0 saturated carbocycles. The van der Waals surface area contributed by atoms with Crippen LogP contribution in [0.3, 0.4) is 0 Å². The Morgan fingerprint density at radius 2 is 1.25 bits per heavy atom. The molecule has 22 heteroatoms. The lowest BCUT2D eigenvalue weighted by molar-refractivity contribution is -0.308. The number of hydrogen-bond donors (Lipinski definition) is 2. The average Bonchev–Trinajstić information content (AvgIpc) is 3.07. The van der Waals surface area contributed by atoms with E-state index in [1.54, 1.807) is 0 Å². The molecule has 0 spiro atoms. The van der Waals surface area contributed by atoms with Crippen molar-refractivity contribution in [2.24, 2.45) is 0 Å². The maximum absolute atomic E-state index is 14.1. The molecule has 6 atom stereocenters. The van der Waals surface area contributed by atoms with Gasteiger partial charge in [0.2, 0.25) is 40.7 Å². The van der Waals surface area contributed by atoms with Crippen LogP contribution >= 0.6 is 0 Å². The van der Waals surface area contributed by atoms with E-state index in [0.717, 1.165) is 27.7 Å². The molecule has 1 aromatic rings. The molecule has 56 heavy (non-hydrogen) atoms. The number of rotatable bonds is 17. The number of amides is 2. The molecule has 1 fully saturated rings. The topological polar surface area (TPSA) is 217 Å². The molecule has 2 amide bonds. The summed E-state index contributed by atoms with van der Waals surface area (Å²) in [5, 5.41) is 4.51. The van der Waals surface area contributed by atoms with Gasteiger partial charge in [-0.25, -0.2) is 18.0 Å². The number of carbonyl (C=O) groups is 7. The minimum Gasteiger partial charge on any atom is -0.463 e. The number of unbranched alkanes of at least 4 members (excludes halogenated alkanes) is 2. The van der Waals surface area contributed by atoms with E-state index >= 15 is 0 Å². The van der Waals surface area contributed by atoms with E-state index in [1.165, 1.54) is 20.8 Å². The van der Waals surface area contributed by atoms with Crippen molar-refractivity contribution in [3.05, 3.63) is 29.1 Å². The predicted octanol–water partition coefficient (Wildman–Crippen LogP) is 2.96. The van der Waals surface area contributed by atoms with E-state index < -0.39 is 132 Å². The van der Waals surface area contributed by atoms with Crippen molar-refractivity contribution in [2.45, 2.75) is 116 Å². The van der Waals surface area contributed by atoms with Crippen molar-refractivity contribution < 1.29 is 93.4 Å². The largest absolute Gasteiger partial charge is 0.463 e. The van der Waals surface area contributed by atoms with E-state index in [0.29, 0.717) is 6.42 Å². The summed E-state index contributed by atoms with van der Waals surface area (Å²) in [7, 11) is 0. The first-order valence-electron chi connectivity index (χ1n) is 16.9. The van der Waals surface area contributed by atoms with Crippen molar-refractivity contribution in [2.75, 3.05) is 19.8 Å². The molecule has 0 aliphatic carbocycles. The lowest BCUT2D eigenvalue weighted by Crippen LogP contribution is -2.63. The molecule has 1 aliphatic rings. The van der Waals surface area contributed by atoms with Gasteiger partial charge in [0.25, 0.3) is 0 Å². The number of nitrogens with one attached hydrogen (secondary N) is 2. The van der Waals surface area contributed by atoms with Gasteiger partial charge < -0.3 is 48.5 Å². The van der Waals surface area contributed by atoms with Crippen LogP contribution in [0.2, 0.25) is 0 Å². The van der Waals surface area contributed by atoms with Gasteiger partial charge in [-0.05, 0) is 40.0 Å². The third-order valence-corrected chi connectivity index (χ3v) is 7.11. The Hall–Kier alpha value is -5.12. The van der Waals surface area contributed by atoms with Crippen molar-refractivity contribution in [1.29, 1.82) is 0 Å². The fourth-order valence-corrected chi connectivity index (χ4v) is 4.92. The summed E-state index contributed by atoms with van der Waals surface area (Å²) in [6.45, 7) is 8.12. The fraction of sp³-hybridized carbons (Fsp3) is 0.618. The Labute approximate surface area is 317 Å². The van der Waals surface area contributed by atoms with Crippen molar-refractivity contribution in [3.63, 3.8) is 0 Å². The Morgan fingerprint density at radius 3 is 1.79 bits per heavy atom. The summed E-state index contributed by atoms with van der Waals surface area (Å²) in [5.41, 5.74) is -1.07. The van der Waals surface area contributed by atoms with Gasteiger partial charge in [-0.3, -0.25) is 28.8 Å². The summed E-state index contributed by atoms with van der Waals surface area (Å²) in [5.74, 6) is -19.9. The molecule has 0 unspecified atom stereocenters. The lowest BCUT2D eigenvalue weighted by atomic mass is 9.98. The molecule has 17 nitrogen and oxygen atoms in total. The first-order valence-corrected chi connectivity index (χ1v) is 16.9. The normalized spacial score (nSPS) is 19.8. The molecule has 1 heterocycles. The molecule has 0 radical (unpaired) electrons. The van der Waals surface area contributed by atoms with Crippen LogP contribution in [0.25, 0.3) is 0 Å². The van der Waals surface area contributed by atoms with E-state index in [-0.39, 0.29) is 26.0 Å². The number of esters is 5. The maximum Gasteiger partial charge on any atom is 0.408 e. The Kier molecular flexibility index (Phi) is 17.9. The van der Waals surface area contributed by atoms with Crippen LogP contribution in [0.1, 0.15) is 74.1 Å². The summed E-state index contributed by atoms with van der Waals surface area (Å²) in [4.78, 5) is 85.2. The molecule has 314 valence electrons. The summed E-state index contributed by atoms with van der Waals surface area (Å²) < 4.78 is 111. The Morgan fingerprint density at radius 1 is 0.714 bits per heavy atom. The highest BCUT2D eigenvalue weighted by Crippen LogP contribution is 2.31. The number of alkyl carbamates (subject to hydrolysis) is 1. The second-order valence-corrected chi connectivity index (χ2v) is 13.1. The number of benzene rings is 1. The Bertz CT molecular complexity index is 1590. The third-order valence-electron chi connectivity index (χ3n) is 7.11. The van der Waals surface area contributed by atoms with Crippen LogP contribution in [0.5, 0.6) is 5.75 Å². The molecule has 2 N–H and O–H groups in total. The predicted molar refractivity (Wildman–Crippen MR) is 174 cm³/mol. The van der Waals surface area contributed by atoms with Gasteiger partial charge >= 0.3 is 35.9 Å². The minimum atomic E-state index is -2.49. The van der Waals surface area contributed by atoms with Crippen LogP contribution in [-0.4, -0.2) is 104 Å². The van der Waals surface area contributed by atoms with E-state index in [4.69, 9.17) is 33.2 Å². The summed E-state index contributed by atoms with van der Waals surface area (Å²) >= 11 is 0. The zero-order valence-corrected chi connectivity index (χ0v) is 31.4. The maximum atomic E-state index is 14.1. The standard InChI is InChI=1S/C34H43F5N2O15/c1-15(42)50-14-20-27(51-16(2)43)29(52-17(3)44)30(53-18(4)45)32(54-20)49-12-10-8-9-11-40-31(47)19(41-33(48)56-34(5,6)7)13-21(46)55-28-25(38)23(36)22(35)24(37)26(28)39/h19-20,27,29-30,32H,8-14H2,1-7H3,(H,40,47)(H,41,48)/t19-,20+,27+,29-,30+,32+/m0/s1. The van der Waals surface area contributed by atoms with Gasteiger partial charge in [0, 0.05) is 40.8 Å². The minimum absolute atomic E-state index is 0.0862. The average molecular weight is 815 g/mol. The number of carbonyl (C=O) groups excluding carboxylic acids is 7. The van der Waals surface area contributed by atoms with Gasteiger partial charge in [-0.15, -0.1) is 0 Å². The zero-order chi connectivity index (χ0) is 42.5. The van der Waals surface area contributed by atoms with Gasteiger partial charge in [0.05, 0.1) is 6.42 Å². The van der Waals surface area contributed by atoms with E-state index in [1.807, 2.05) is 0 Å². The van der Waals surface area contributed by atoms with E-state index in [2.05, 4.69) is 15.4 Å². The molecule has 0 bridgehead atoms. The summed E-state index contributed by atoms with van der Waals surface area (Å²) in [6, 6.07) is -1.80. The van der Waals surface area contributed by atoms with Crippen LogP contribution in [0.4, 0.5) is 26.7 Å². The van der Waals surface area contributed by atoms with Crippen molar-refractivity contribution >= 4 is 41.8 Å². The van der Waals surface area contributed by atoms with Crippen LogP contribution in [0, 0.1) is 29.1 Å². The van der Waals surface area contributed by atoms with E-state index in [9.17, 15) is 55.5 Å². The van der Waals surface area contributed by atoms with Gasteiger partial charge in [-0.2, -0.15) is 8.78 Å². The first-order chi connectivity index (χ1) is 26.0. The smallest absolute Gasteiger partial charge is 0.408 e. The lowest BCUT2D eigenvalue weighted by Gasteiger charge is -2.44. The van der Waals surface area contributed by atoms with Gasteiger partial charge in [0.15, 0.2) is 24.6 Å². The Balaban J connectivity index is 2.07. The van der Waals surface area contributed by atoms with Crippen molar-refractivity contribution in [3.8, 4) is 5.75 Å². The molecule has 1 aromatic carbocycles.